The van der Waals surface area contributed by atoms with Gasteiger partial charge in [-0.1, -0.05) is 6.92 Å². The zero-order valence-electron chi connectivity index (χ0n) is 11.0. The van der Waals surface area contributed by atoms with Gasteiger partial charge in [-0.25, -0.2) is 0 Å². The molecule has 17 heavy (non-hydrogen) atoms. The highest BCUT2D eigenvalue weighted by atomic mass is 16.2. The first-order valence-corrected chi connectivity index (χ1v) is 6.06. The SMILES string of the molecule is CCNc1ccncc1C(=O)N(C)C(C)CC. The molecular weight excluding hydrogens is 214 g/mol. The van der Waals surface area contributed by atoms with Crippen LogP contribution in [0.2, 0.25) is 0 Å². The van der Waals surface area contributed by atoms with Crippen molar-refractivity contribution in [3.63, 3.8) is 0 Å². The number of pyridine rings is 1. The lowest BCUT2D eigenvalue weighted by molar-refractivity contribution is 0.0741. The average Bonchev–Trinajstić information content (AvgIpc) is 2.37. The summed E-state index contributed by atoms with van der Waals surface area (Å²) in [5.41, 5.74) is 1.49. The second-order valence-electron chi connectivity index (χ2n) is 4.12. The molecule has 4 nitrogen and oxygen atoms in total. The highest BCUT2D eigenvalue weighted by molar-refractivity contribution is 5.99. The summed E-state index contributed by atoms with van der Waals surface area (Å²) < 4.78 is 0. The average molecular weight is 235 g/mol. The van der Waals surface area contributed by atoms with E-state index >= 15 is 0 Å². The van der Waals surface area contributed by atoms with Gasteiger partial charge >= 0.3 is 0 Å². The quantitative estimate of drug-likeness (QED) is 0.852. The molecule has 0 bridgehead atoms. The largest absolute Gasteiger partial charge is 0.385 e. The molecule has 0 saturated heterocycles. The van der Waals surface area contributed by atoms with Crippen molar-refractivity contribution in [2.75, 3.05) is 18.9 Å². The molecule has 1 atom stereocenters. The molecule has 4 heteroatoms. The molecule has 0 aliphatic heterocycles. The Balaban J connectivity index is 2.95. The summed E-state index contributed by atoms with van der Waals surface area (Å²) in [4.78, 5) is 18.1. The molecular formula is C13H21N3O. The number of hydrogen-bond donors (Lipinski definition) is 1. The molecule has 1 rings (SSSR count). The fraction of sp³-hybridized carbons (Fsp3) is 0.538. The van der Waals surface area contributed by atoms with Crippen molar-refractivity contribution in [2.24, 2.45) is 0 Å². The minimum absolute atomic E-state index is 0.0170. The number of anilines is 1. The van der Waals surface area contributed by atoms with Crippen molar-refractivity contribution < 1.29 is 4.79 Å². The zero-order chi connectivity index (χ0) is 12.8. The van der Waals surface area contributed by atoms with Crippen LogP contribution < -0.4 is 5.32 Å². The van der Waals surface area contributed by atoms with Gasteiger partial charge in [-0.3, -0.25) is 9.78 Å². The normalized spacial score (nSPS) is 12.0. The number of nitrogens with zero attached hydrogens (tertiary/aromatic N) is 2. The lowest BCUT2D eigenvalue weighted by Gasteiger charge is -2.24. The summed E-state index contributed by atoms with van der Waals surface area (Å²) in [6.45, 7) is 6.91. The molecule has 1 heterocycles. The van der Waals surface area contributed by atoms with Crippen LogP contribution in [0.3, 0.4) is 0 Å². The molecule has 0 aliphatic carbocycles. The van der Waals surface area contributed by atoms with Crippen molar-refractivity contribution >= 4 is 11.6 Å². The van der Waals surface area contributed by atoms with E-state index < -0.39 is 0 Å². The van der Waals surface area contributed by atoms with E-state index in [9.17, 15) is 4.79 Å². The Morgan fingerprint density at radius 3 is 2.82 bits per heavy atom. The van der Waals surface area contributed by atoms with Gasteiger partial charge in [0.2, 0.25) is 0 Å². The van der Waals surface area contributed by atoms with E-state index in [0.29, 0.717) is 5.56 Å². The van der Waals surface area contributed by atoms with Gasteiger partial charge in [-0.05, 0) is 26.3 Å². The molecule has 1 amide bonds. The minimum Gasteiger partial charge on any atom is -0.385 e. The van der Waals surface area contributed by atoms with Crippen LogP contribution in [0.4, 0.5) is 5.69 Å². The molecule has 0 aliphatic rings. The number of amides is 1. The first-order chi connectivity index (χ1) is 8.11. The molecule has 1 aromatic rings. The smallest absolute Gasteiger partial charge is 0.257 e. The predicted molar refractivity (Wildman–Crippen MR) is 70.2 cm³/mol. The second-order valence-corrected chi connectivity index (χ2v) is 4.12. The molecule has 0 radical (unpaired) electrons. The first kappa shape index (κ1) is 13.5. The minimum atomic E-state index is 0.0170. The number of nitrogens with one attached hydrogen (secondary N) is 1. The molecule has 0 spiro atoms. The second kappa shape index (κ2) is 6.23. The number of carbonyl (C=O) groups is 1. The summed E-state index contributed by atoms with van der Waals surface area (Å²) >= 11 is 0. The fourth-order valence-electron chi connectivity index (χ4n) is 1.57. The number of aromatic nitrogens is 1. The van der Waals surface area contributed by atoms with Gasteiger partial charge < -0.3 is 10.2 Å². The fourth-order valence-corrected chi connectivity index (χ4v) is 1.57. The zero-order valence-corrected chi connectivity index (χ0v) is 11.0. The highest BCUT2D eigenvalue weighted by Crippen LogP contribution is 2.16. The van der Waals surface area contributed by atoms with Crippen LogP contribution >= 0.6 is 0 Å². The third-order valence-corrected chi connectivity index (χ3v) is 2.99. The van der Waals surface area contributed by atoms with E-state index in [2.05, 4.69) is 17.2 Å². The maximum atomic E-state index is 12.3. The standard InChI is InChI=1S/C13H21N3O/c1-5-10(3)16(4)13(17)11-9-14-8-7-12(11)15-6-2/h7-10H,5-6H2,1-4H3,(H,14,15). The molecule has 1 unspecified atom stereocenters. The van der Waals surface area contributed by atoms with E-state index in [1.54, 1.807) is 17.3 Å². The van der Waals surface area contributed by atoms with Gasteiger partial charge in [-0.2, -0.15) is 0 Å². The number of rotatable bonds is 5. The Bertz CT molecular complexity index is 379. The Kier molecular flexibility index (Phi) is 4.94. The monoisotopic (exact) mass is 235 g/mol. The third-order valence-electron chi connectivity index (χ3n) is 2.99. The van der Waals surface area contributed by atoms with Gasteiger partial charge in [-0.15, -0.1) is 0 Å². The van der Waals surface area contributed by atoms with E-state index in [1.807, 2.05) is 27.0 Å². The summed E-state index contributed by atoms with van der Waals surface area (Å²) in [7, 11) is 1.83. The summed E-state index contributed by atoms with van der Waals surface area (Å²) in [5, 5.41) is 3.18. The Labute approximate surface area is 103 Å². The summed E-state index contributed by atoms with van der Waals surface area (Å²) in [6.07, 6.45) is 4.26. The van der Waals surface area contributed by atoms with Gasteiger partial charge in [0.1, 0.15) is 0 Å². The van der Waals surface area contributed by atoms with Crippen LogP contribution in [0, 0.1) is 0 Å². The molecule has 1 N–H and O–H groups in total. The van der Waals surface area contributed by atoms with Crippen LogP contribution in [0.1, 0.15) is 37.6 Å². The van der Waals surface area contributed by atoms with Crippen molar-refractivity contribution in [1.29, 1.82) is 0 Å². The first-order valence-electron chi connectivity index (χ1n) is 6.06. The van der Waals surface area contributed by atoms with Crippen LogP contribution in [-0.4, -0.2) is 35.4 Å². The molecule has 0 fully saturated rings. The van der Waals surface area contributed by atoms with Crippen LogP contribution in [0.15, 0.2) is 18.5 Å². The van der Waals surface area contributed by atoms with Crippen molar-refractivity contribution in [3.05, 3.63) is 24.0 Å². The summed E-state index contributed by atoms with van der Waals surface area (Å²) in [5.74, 6) is 0.0170. The van der Waals surface area contributed by atoms with E-state index in [0.717, 1.165) is 18.7 Å². The number of hydrogen-bond acceptors (Lipinski definition) is 3. The van der Waals surface area contributed by atoms with E-state index in [1.165, 1.54) is 0 Å². The predicted octanol–water partition coefficient (Wildman–Crippen LogP) is 2.38. The molecule has 0 aromatic carbocycles. The van der Waals surface area contributed by atoms with Crippen molar-refractivity contribution in [3.8, 4) is 0 Å². The highest BCUT2D eigenvalue weighted by Gasteiger charge is 2.18. The van der Waals surface area contributed by atoms with Gasteiger partial charge in [0.15, 0.2) is 0 Å². The Morgan fingerprint density at radius 1 is 1.53 bits per heavy atom. The van der Waals surface area contributed by atoms with Crippen LogP contribution in [0.5, 0.6) is 0 Å². The van der Waals surface area contributed by atoms with Gasteiger partial charge in [0, 0.05) is 32.0 Å². The topological polar surface area (TPSA) is 45.2 Å². The molecule has 94 valence electrons. The van der Waals surface area contributed by atoms with Crippen LogP contribution in [-0.2, 0) is 0 Å². The lowest BCUT2D eigenvalue weighted by Crippen LogP contribution is -2.35. The third kappa shape index (κ3) is 3.19. The maximum absolute atomic E-state index is 12.3. The lowest BCUT2D eigenvalue weighted by atomic mass is 10.1. The maximum Gasteiger partial charge on any atom is 0.257 e. The molecule has 1 aromatic heterocycles. The van der Waals surface area contributed by atoms with Crippen LogP contribution in [0.25, 0.3) is 0 Å². The van der Waals surface area contributed by atoms with Crippen molar-refractivity contribution in [1.82, 2.24) is 9.88 Å². The van der Waals surface area contributed by atoms with Gasteiger partial charge in [0.25, 0.3) is 5.91 Å². The summed E-state index contributed by atoms with van der Waals surface area (Å²) in [6, 6.07) is 2.07. The van der Waals surface area contributed by atoms with Gasteiger partial charge in [0.05, 0.1) is 11.3 Å². The Hall–Kier alpha value is -1.58. The molecule has 0 saturated carbocycles. The van der Waals surface area contributed by atoms with E-state index in [-0.39, 0.29) is 11.9 Å². The Morgan fingerprint density at radius 2 is 2.24 bits per heavy atom. The number of carbonyl (C=O) groups excluding carboxylic acids is 1. The van der Waals surface area contributed by atoms with E-state index in [4.69, 9.17) is 0 Å². The van der Waals surface area contributed by atoms with Crippen molar-refractivity contribution in [2.45, 2.75) is 33.2 Å².